The van der Waals surface area contributed by atoms with Gasteiger partial charge in [0.1, 0.15) is 0 Å². The highest BCUT2D eigenvalue weighted by Crippen LogP contribution is 2.54. The first kappa shape index (κ1) is 29.9. The SMILES string of the molecule is CC1(C)c2ccccc2-c2c(N(c3ccc(-c4ccccc4)cc3)c3ccc(-c4ccc5c(c4)sc4ccc6ccccc6c45)cc3)cccc21. The molecule has 1 aromatic heterocycles. The van der Waals surface area contributed by atoms with Crippen molar-refractivity contribution in [3.05, 3.63) is 187 Å². The molecule has 0 N–H and O–H groups in total. The second-order valence-corrected chi connectivity index (χ2v) is 15.2. The van der Waals surface area contributed by atoms with E-state index in [-0.39, 0.29) is 5.41 Å². The molecule has 0 amide bonds. The monoisotopic (exact) mass is 669 g/mol. The van der Waals surface area contributed by atoms with Gasteiger partial charge in [-0.2, -0.15) is 0 Å². The van der Waals surface area contributed by atoms with Crippen LogP contribution in [-0.2, 0) is 5.41 Å². The Hall–Kier alpha value is -5.96. The molecule has 9 aromatic rings. The summed E-state index contributed by atoms with van der Waals surface area (Å²) in [7, 11) is 0. The maximum absolute atomic E-state index is 2.44. The zero-order valence-corrected chi connectivity index (χ0v) is 29.4. The molecule has 0 saturated carbocycles. The number of hydrogen-bond acceptors (Lipinski definition) is 2. The molecule has 0 bridgehead atoms. The summed E-state index contributed by atoms with van der Waals surface area (Å²) in [5.74, 6) is 0. The van der Waals surface area contributed by atoms with Crippen molar-refractivity contribution in [2.75, 3.05) is 4.90 Å². The van der Waals surface area contributed by atoms with Crippen LogP contribution in [0.5, 0.6) is 0 Å². The summed E-state index contributed by atoms with van der Waals surface area (Å²) in [6.07, 6.45) is 0. The van der Waals surface area contributed by atoms with E-state index in [0.29, 0.717) is 0 Å². The molecule has 51 heavy (non-hydrogen) atoms. The zero-order valence-electron chi connectivity index (χ0n) is 28.6. The smallest absolute Gasteiger partial charge is 0.0543 e. The summed E-state index contributed by atoms with van der Waals surface area (Å²) in [6, 6.07) is 64.7. The average molecular weight is 670 g/mol. The first-order chi connectivity index (χ1) is 25.0. The highest BCUT2D eigenvalue weighted by atomic mass is 32.1. The highest BCUT2D eigenvalue weighted by Gasteiger charge is 2.37. The molecular weight excluding hydrogens is 635 g/mol. The van der Waals surface area contributed by atoms with Gasteiger partial charge in [-0.1, -0.05) is 147 Å². The molecule has 0 aliphatic heterocycles. The van der Waals surface area contributed by atoms with Gasteiger partial charge < -0.3 is 4.90 Å². The first-order valence-corrected chi connectivity index (χ1v) is 18.5. The van der Waals surface area contributed by atoms with Crippen molar-refractivity contribution >= 4 is 59.3 Å². The molecule has 2 heteroatoms. The molecular formula is C49H35NS. The van der Waals surface area contributed by atoms with Gasteiger partial charge >= 0.3 is 0 Å². The molecule has 1 aliphatic carbocycles. The quantitative estimate of drug-likeness (QED) is 0.176. The Bertz CT molecular complexity index is 2750. The van der Waals surface area contributed by atoms with E-state index < -0.39 is 0 Å². The maximum Gasteiger partial charge on any atom is 0.0543 e. The number of benzene rings is 8. The first-order valence-electron chi connectivity index (χ1n) is 17.7. The molecule has 10 rings (SSSR count). The predicted octanol–water partition coefficient (Wildman–Crippen LogP) is 14.3. The predicted molar refractivity (Wildman–Crippen MR) is 220 cm³/mol. The maximum atomic E-state index is 2.44. The number of rotatable bonds is 5. The molecule has 8 aromatic carbocycles. The lowest BCUT2D eigenvalue weighted by Gasteiger charge is -2.29. The number of fused-ring (bicyclic) bond motifs is 8. The minimum atomic E-state index is -0.0772. The topological polar surface area (TPSA) is 3.24 Å². The van der Waals surface area contributed by atoms with E-state index >= 15 is 0 Å². The fraction of sp³-hybridized carbons (Fsp3) is 0.0612. The van der Waals surface area contributed by atoms with E-state index in [1.54, 1.807) is 0 Å². The Morgan fingerprint density at radius 2 is 1.08 bits per heavy atom. The van der Waals surface area contributed by atoms with Gasteiger partial charge in [0.15, 0.2) is 0 Å². The normalized spacial score (nSPS) is 13.1. The number of thiophene rings is 1. The van der Waals surface area contributed by atoms with Crippen LogP contribution in [0.2, 0.25) is 0 Å². The van der Waals surface area contributed by atoms with Gasteiger partial charge in [-0.05, 0) is 92.2 Å². The van der Waals surface area contributed by atoms with Crippen LogP contribution >= 0.6 is 11.3 Å². The van der Waals surface area contributed by atoms with Gasteiger partial charge in [-0.15, -0.1) is 11.3 Å². The standard InChI is InChI=1S/C49H35NS/c1-49(2)42-16-9-8-15-40(42)48-43(49)17-10-18-44(48)50(37-25-19-33(20-26-37)32-11-4-3-5-12-32)38-27-21-34(22-28-38)36-23-29-41-46(31-36)51-45-30-24-35-13-6-7-14-39(35)47(41)45/h3-31H,1-2H3. The number of hydrogen-bond donors (Lipinski definition) is 0. The van der Waals surface area contributed by atoms with Crippen LogP contribution in [0.1, 0.15) is 25.0 Å². The molecule has 1 aliphatic rings. The Morgan fingerprint density at radius 3 is 1.86 bits per heavy atom. The van der Waals surface area contributed by atoms with Crippen LogP contribution in [-0.4, -0.2) is 0 Å². The summed E-state index contributed by atoms with van der Waals surface area (Å²) in [6.45, 7) is 4.70. The van der Waals surface area contributed by atoms with Gasteiger partial charge in [-0.3, -0.25) is 0 Å². The van der Waals surface area contributed by atoms with Crippen molar-refractivity contribution in [2.45, 2.75) is 19.3 Å². The Labute approximate surface area is 302 Å². The summed E-state index contributed by atoms with van der Waals surface area (Å²) >= 11 is 1.88. The van der Waals surface area contributed by atoms with Crippen LogP contribution in [0.4, 0.5) is 17.1 Å². The average Bonchev–Trinajstić information content (AvgIpc) is 3.68. The van der Waals surface area contributed by atoms with Crippen molar-refractivity contribution in [1.82, 2.24) is 0 Å². The molecule has 0 radical (unpaired) electrons. The number of nitrogens with zero attached hydrogens (tertiary/aromatic N) is 1. The molecule has 1 nitrogen and oxygen atoms in total. The zero-order chi connectivity index (χ0) is 34.1. The summed E-state index contributed by atoms with van der Waals surface area (Å²) in [5.41, 5.74) is 13.7. The Balaban J connectivity index is 1.09. The third-order valence-corrected chi connectivity index (χ3v) is 12.0. The van der Waals surface area contributed by atoms with Crippen LogP contribution in [0.3, 0.4) is 0 Å². The van der Waals surface area contributed by atoms with Gasteiger partial charge in [0.05, 0.1) is 5.69 Å². The minimum Gasteiger partial charge on any atom is -0.310 e. The Kier molecular flexibility index (Phi) is 6.78. The summed E-state index contributed by atoms with van der Waals surface area (Å²) in [4.78, 5) is 2.44. The van der Waals surface area contributed by atoms with E-state index in [0.717, 1.165) is 11.4 Å². The van der Waals surface area contributed by atoms with Gasteiger partial charge in [-0.25, -0.2) is 0 Å². The van der Waals surface area contributed by atoms with Gasteiger partial charge in [0, 0.05) is 42.5 Å². The van der Waals surface area contributed by atoms with Crippen LogP contribution in [0.25, 0.3) is 64.3 Å². The largest absolute Gasteiger partial charge is 0.310 e. The molecule has 242 valence electrons. The minimum absolute atomic E-state index is 0.0772. The van der Waals surface area contributed by atoms with Gasteiger partial charge in [0.2, 0.25) is 0 Å². The second-order valence-electron chi connectivity index (χ2n) is 14.1. The van der Waals surface area contributed by atoms with Crippen molar-refractivity contribution in [2.24, 2.45) is 0 Å². The van der Waals surface area contributed by atoms with E-state index in [1.165, 1.54) is 81.1 Å². The molecule has 0 fully saturated rings. The van der Waals surface area contributed by atoms with Crippen LogP contribution in [0.15, 0.2) is 176 Å². The van der Waals surface area contributed by atoms with Crippen molar-refractivity contribution in [3.63, 3.8) is 0 Å². The fourth-order valence-corrected chi connectivity index (χ4v) is 9.47. The molecule has 0 atom stereocenters. The van der Waals surface area contributed by atoms with E-state index in [1.807, 2.05) is 11.3 Å². The van der Waals surface area contributed by atoms with E-state index in [9.17, 15) is 0 Å². The highest BCUT2D eigenvalue weighted by molar-refractivity contribution is 7.26. The molecule has 0 saturated heterocycles. The third kappa shape index (κ3) is 4.75. The van der Waals surface area contributed by atoms with Gasteiger partial charge in [0.25, 0.3) is 0 Å². The second kappa shape index (κ2) is 11.6. The Morgan fingerprint density at radius 1 is 0.451 bits per heavy atom. The summed E-state index contributed by atoms with van der Waals surface area (Å²) in [5, 5.41) is 5.32. The van der Waals surface area contributed by atoms with Crippen molar-refractivity contribution < 1.29 is 0 Å². The van der Waals surface area contributed by atoms with Crippen LogP contribution in [0, 0.1) is 0 Å². The lowest BCUT2D eigenvalue weighted by molar-refractivity contribution is 0.660. The van der Waals surface area contributed by atoms with Crippen molar-refractivity contribution in [3.8, 4) is 33.4 Å². The third-order valence-electron chi connectivity index (χ3n) is 10.9. The van der Waals surface area contributed by atoms with E-state index in [4.69, 9.17) is 0 Å². The van der Waals surface area contributed by atoms with Crippen molar-refractivity contribution in [1.29, 1.82) is 0 Å². The molecule has 1 heterocycles. The molecule has 0 unspecified atom stereocenters. The molecule has 0 spiro atoms. The van der Waals surface area contributed by atoms with E-state index in [2.05, 4.69) is 195 Å². The lowest BCUT2D eigenvalue weighted by Crippen LogP contribution is -2.16. The lowest BCUT2D eigenvalue weighted by atomic mass is 9.82. The fourth-order valence-electron chi connectivity index (χ4n) is 8.31. The number of anilines is 3. The van der Waals surface area contributed by atoms with Crippen LogP contribution < -0.4 is 4.90 Å². The summed E-state index contributed by atoms with van der Waals surface area (Å²) < 4.78 is 2.66.